The van der Waals surface area contributed by atoms with Crippen LogP contribution in [0, 0.1) is 6.92 Å². The molecule has 3 aromatic rings. The van der Waals surface area contributed by atoms with Crippen molar-refractivity contribution in [2.75, 3.05) is 18.5 Å². The molecule has 212 valence electrons. The van der Waals surface area contributed by atoms with Crippen LogP contribution in [0.3, 0.4) is 0 Å². The number of hydrogen-bond acceptors (Lipinski definition) is 10. The highest BCUT2D eigenvalue weighted by Crippen LogP contribution is 2.65. The number of anilines is 2. The van der Waals surface area contributed by atoms with Crippen LogP contribution in [-0.4, -0.2) is 43.7 Å². The minimum absolute atomic E-state index is 0.00515. The number of thiazole rings is 1. The molecule has 1 aliphatic rings. The SMILES string of the molecule is CCOP(=O)(OCC)[C@]1(O)CC[C@@](O)(c2ncc(-c3cc(C)cc(Nc4nccc(C(F)(F)F)n4)c3)s2)CC1. The molecule has 0 radical (unpaired) electrons. The number of hydrogen-bond donors (Lipinski definition) is 3. The Balaban J connectivity index is 1.53. The van der Waals surface area contributed by atoms with Crippen molar-refractivity contribution >= 4 is 30.6 Å². The highest BCUT2D eigenvalue weighted by molar-refractivity contribution is 7.55. The number of nitrogens with zero attached hydrogens (tertiary/aromatic N) is 3. The number of halogens is 3. The maximum atomic E-state index is 13.2. The number of aryl methyl sites for hydroxylation is 1. The van der Waals surface area contributed by atoms with Crippen LogP contribution >= 0.6 is 18.9 Å². The molecule has 1 aliphatic carbocycles. The molecule has 2 aromatic heterocycles. The molecule has 3 N–H and O–H groups in total. The molecule has 0 saturated heterocycles. The Morgan fingerprint density at radius 2 is 1.74 bits per heavy atom. The second-order valence-corrected chi connectivity index (χ2v) is 12.7. The number of aromatic nitrogens is 3. The molecule has 0 spiro atoms. The molecule has 1 aromatic carbocycles. The summed E-state index contributed by atoms with van der Waals surface area (Å²) >= 11 is 1.27. The maximum absolute atomic E-state index is 13.2. The van der Waals surface area contributed by atoms with Crippen molar-refractivity contribution in [1.29, 1.82) is 0 Å². The molecule has 0 atom stereocenters. The van der Waals surface area contributed by atoms with Crippen LogP contribution in [-0.2, 0) is 25.4 Å². The van der Waals surface area contributed by atoms with E-state index in [2.05, 4.69) is 20.3 Å². The van der Waals surface area contributed by atoms with Gasteiger partial charge in [0.25, 0.3) is 0 Å². The van der Waals surface area contributed by atoms with Gasteiger partial charge >= 0.3 is 13.8 Å². The Hall–Kier alpha value is -2.41. The largest absolute Gasteiger partial charge is 0.433 e. The highest BCUT2D eigenvalue weighted by Gasteiger charge is 2.55. The summed E-state index contributed by atoms with van der Waals surface area (Å²) in [6.07, 6.45) is -1.71. The fourth-order valence-electron chi connectivity index (χ4n) is 4.50. The van der Waals surface area contributed by atoms with E-state index in [9.17, 15) is 27.9 Å². The molecule has 1 saturated carbocycles. The zero-order valence-corrected chi connectivity index (χ0v) is 23.4. The Bertz CT molecular complexity index is 1350. The van der Waals surface area contributed by atoms with Gasteiger partial charge in [0.2, 0.25) is 5.95 Å². The summed E-state index contributed by atoms with van der Waals surface area (Å²) in [6, 6.07) is 6.17. The van der Waals surface area contributed by atoms with E-state index in [1.165, 1.54) is 11.3 Å². The van der Waals surface area contributed by atoms with Crippen LogP contribution in [0.1, 0.15) is 55.8 Å². The van der Waals surface area contributed by atoms with Crippen molar-refractivity contribution in [3.05, 3.63) is 52.9 Å². The summed E-state index contributed by atoms with van der Waals surface area (Å²) in [5.41, 5.74) is -0.327. The normalized spacial score (nSPS) is 22.2. The highest BCUT2D eigenvalue weighted by atomic mass is 32.1. The van der Waals surface area contributed by atoms with E-state index in [4.69, 9.17) is 9.05 Å². The van der Waals surface area contributed by atoms with Crippen LogP contribution in [0.15, 0.2) is 36.7 Å². The fraction of sp³-hybridized carbons (Fsp3) is 0.480. The van der Waals surface area contributed by atoms with Crippen LogP contribution < -0.4 is 5.32 Å². The zero-order chi connectivity index (χ0) is 28.5. The quantitative estimate of drug-likeness (QED) is 0.245. The van der Waals surface area contributed by atoms with Gasteiger partial charge in [0.05, 0.1) is 18.1 Å². The van der Waals surface area contributed by atoms with E-state index in [-0.39, 0.29) is 44.8 Å². The summed E-state index contributed by atoms with van der Waals surface area (Å²) in [6.45, 7) is 5.42. The maximum Gasteiger partial charge on any atom is 0.433 e. The van der Waals surface area contributed by atoms with E-state index in [0.29, 0.717) is 10.7 Å². The van der Waals surface area contributed by atoms with Crippen LogP contribution in [0.4, 0.5) is 24.8 Å². The molecule has 0 aliphatic heterocycles. The molecule has 0 bridgehead atoms. The smallest absolute Gasteiger partial charge is 0.383 e. The van der Waals surface area contributed by atoms with Crippen molar-refractivity contribution in [3.63, 3.8) is 0 Å². The van der Waals surface area contributed by atoms with Crippen LogP contribution in [0.25, 0.3) is 10.4 Å². The predicted molar refractivity (Wildman–Crippen MR) is 141 cm³/mol. The van der Waals surface area contributed by atoms with Gasteiger partial charge in [-0.05, 0) is 75.8 Å². The number of aliphatic hydroxyl groups is 2. The van der Waals surface area contributed by atoms with Gasteiger partial charge in [-0.1, -0.05) is 6.07 Å². The lowest BCUT2D eigenvalue weighted by Gasteiger charge is -2.42. The lowest BCUT2D eigenvalue weighted by molar-refractivity contribution is -0.141. The van der Waals surface area contributed by atoms with Crippen molar-refractivity contribution < 1.29 is 37.0 Å². The lowest BCUT2D eigenvalue weighted by Crippen LogP contribution is -2.42. The Kier molecular flexibility index (Phi) is 8.51. The average Bonchev–Trinajstić information content (AvgIpc) is 3.37. The first kappa shape index (κ1) is 29.6. The molecule has 39 heavy (non-hydrogen) atoms. The monoisotopic (exact) mass is 586 g/mol. The summed E-state index contributed by atoms with van der Waals surface area (Å²) < 4.78 is 63.0. The van der Waals surface area contributed by atoms with E-state index >= 15 is 0 Å². The number of alkyl halides is 3. The van der Waals surface area contributed by atoms with Crippen molar-refractivity contribution in [2.45, 2.75) is 63.6 Å². The second-order valence-electron chi connectivity index (χ2n) is 9.35. The van der Waals surface area contributed by atoms with E-state index < -0.39 is 30.4 Å². The van der Waals surface area contributed by atoms with Gasteiger partial charge in [-0.25, -0.2) is 15.0 Å². The minimum atomic E-state index is -4.59. The molecule has 4 rings (SSSR count). The molecule has 1 fully saturated rings. The van der Waals surface area contributed by atoms with Crippen molar-refractivity contribution in [2.24, 2.45) is 0 Å². The first-order valence-electron chi connectivity index (χ1n) is 12.4. The Morgan fingerprint density at radius 1 is 1.08 bits per heavy atom. The first-order valence-corrected chi connectivity index (χ1v) is 14.8. The molecule has 9 nitrogen and oxygen atoms in total. The van der Waals surface area contributed by atoms with E-state index in [1.54, 1.807) is 32.2 Å². The third kappa shape index (κ3) is 6.34. The first-order chi connectivity index (χ1) is 18.3. The summed E-state index contributed by atoms with van der Waals surface area (Å²) in [4.78, 5) is 12.6. The number of nitrogens with one attached hydrogen (secondary N) is 1. The van der Waals surface area contributed by atoms with Gasteiger partial charge in [-0.3, -0.25) is 4.57 Å². The summed E-state index contributed by atoms with van der Waals surface area (Å²) in [5.74, 6) is -0.188. The molecule has 0 unspecified atom stereocenters. The van der Waals surface area contributed by atoms with Gasteiger partial charge in [0.1, 0.15) is 16.3 Å². The topological polar surface area (TPSA) is 127 Å². The number of benzene rings is 1. The van der Waals surface area contributed by atoms with Gasteiger partial charge in [-0.15, -0.1) is 11.3 Å². The van der Waals surface area contributed by atoms with Crippen LogP contribution in [0.5, 0.6) is 0 Å². The van der Waals surface area contributed by atoms with Crippen molar-refractivity contribution in [3.8, 4) is 10.4 Å². The van der Waals surface area contributed by atoms with Gasteiger partial charge in [0, 0.05) is 18.1 Å². The summed E-state index contributed by atoms with van der Waals surface area (Å²) in [5, 5.41) is 24.1. The molecule has 14 heteroatoms. The molecule has 2 heterocycles. The van der Waals surface area contributed by atoms with Gasteiger partial charge in [-0.2, -0.15) is 13.2 Å². The second kappa shape index (κ2) is 11.2. The third-order valence-corrected chi connectivity index (χ3v) is 10.4. The van der Waals surface area contributed by atoms with E-state index in [1.807, 2.05) is 13.0 Å². The third-order valence-electron chi connectivity index (χ3n) is 6.45. The van der Waals surface area contributed by atoms with Crippen LogP contribution in [0.2, 0.25) is 0 Å². The van der Waals surface area contributed by atoms with Crippen molar-refractivity contribution in [1.82, 2.24) is 15.0 Å². The minimum Gasteiger partial charge on any atom is -0.383 e. The standard InChI is InChI=1S/C25H30F3N4O5PS/c1-4-36-38(35,37-5-2)24(34)9-7-23(33,8-10-24)21-30-15-19(39-21)17-12-16(3)13-18(14-17)31-22-29-11-6-20(32-22)25(26,27)28/h6,11-15,33-34H,4-5,7-10H2,1-3H3,(H,29,31,32)/t23-,24+. The average molecular weight is 587 g/mol. The molecular weight excluding hydrogens is 556 g/mol. The predicted octanol–water partition coefficient (Wildman–Crippen LogP) is 6.39. The van der Waals surface area contributed by atoms with Gasteiger partial charge in [0.15, 0.2) is 5.34 Å². The van der Waals surface area contributed by atoms with E-state index in [0.717, 1.165) is 28.3 Å². The number of rotatable bonds is 9. The zero-order valence-electron chi connectivity index (χ0n) is 21.7. The summed E-state index contributed by atoms with van der Waals surface area (Å²) in [7, 11) is -3.80. The van der Waals surface area contributed by atoms with Gasteiger partial charge < -0.3 is 24.6 Å². The fourth-order valence-corrected chi connectivity index (χ4v) is 7.55. The Labute approximate surface area is 228 Å². The molecule has 0 amide bonds. The molecular formula is C25H30F3N4O5PS. The lowest BCUT2D eigenvalue weighted by atomic mass is 9.83. The Morgan fingerprint density at radius 3 is 2.36 bits per heavy atom.